The molecule has 0 unspecified atom stereocenters. The molecule has 1 fully saturated rings. The number of nitrogen functional groups attached to an aromatic ring is 1. The molecule has 1 saturated carbocycles. The van der Waals surface area contributed by atoms with Crippen LogP contribution >= 0.6 is 0 Å². The lowest BCUT2D eigenvalue weighted by Crippen LogP contribution is -2.29. The first kappa shape index (κ1) is 10.3. The van der Waals surface area contributed by atoms with Gasteiger partial charge in [0, 0.05) is 25.0 Å². The van der Waals surface area contributed by atoms with Crippen LogP contribution in [0.2, 0.25) is 0 Å². The van der Waals surface area contributed by atoms with E-state index in [0.717, 1.165) is 11.6 Å². The standard InChI is InChI=1S/C13H20N2/c1-10-6-12(14)8-13(7-10)15(2)9-11-4-3-5-11/h6-8,11H,3-5,9,14H2,1-2H3. The van der Waals surface area contributed by atoms with Crippen LogP contribution in [-0.4, -0.2) is 13.6 Å². The third kappa shape index (κ3) is 2.44. The molecule has 0 aromatic heterocycles. The van der Waals surface area contributed by atoms with Crippen LogP contribution in [0.25, 0.3) is 0 Å². The first-order valence-corrected chi connectivity index (χ1v) is 5.73. The van der Waals surface area contributed by atoms with Crippen LogP contribution in [0.3, 0.4) is 0 Å². The first-order chi connectivity index (χ1) is 7.15. The zero-order valence-corrected chi connectivity index (χ0v) is 9.66. The number of nitrogens with zero attached hydrogens (tertiary/aromatic N) is 1. The van der Waals surface area contributed by atoms with Crippen molar-refractivity contribution in [3.05, 3.63) is 23.8 Å². The van der Waals surface area contributed by atoms with Crippen molar-refractivity contribution >= 4 is 11.4 Å². The summed E-state index contributed by atoms with van der Waals surface area (Å²) in [6.07, 6.45) is 4.20. The lowest BCUT2D eigenvalue weighted by molar-refractivity contribution is 0.321. The second-order valence-corrected chi connectivity index (χ2v) is 4.78. The highest BCUT2D eigenvalue weighted by Gasteiger charge is 2.19. The molecule has 0 amide bonds. The summed E-state index contributed by atoms with van der Waals surface area (Å²) < 4.78 is 0. The molecule has 0 radical (unpaired) electrons. The molecule has 0 bridgehead atoms. The monoisotopic (exact) mass is 204 g/mol. The minimum atomic E-state index is 0.866. The molecule has 1 aliphatic rings. The van der Waals surface area contributed by atoms with Crippen LogP contribution in [0.5, 0.6) is 0 Å². The maximum Gasteiger partial charge on any atom is 0.0387 e. The van der Waals surface area contributed by atoms with E-state index in [1.54, 1.807) is 0 Å². The summed E-state index contributed by atoms with van der Waals surface area (Å²) in [4.78, 5) is 2.33. The van der Waals surface area contributed by atoms with Gasteiger partial charge in [-0.05, 0) is 49.4 Å². The summed E-state index contributed by atoms with van der Waals surface area (Å²) in [5.74, 6) is 0.900. The van der Waals surface area contributed by atoms with Crippen molar-refractivity contribution < 1.29 is 0 Å². The highest BCUT2D eigenvalue weighted by molar-refractivity contribution is 5.58. The predicted octanol–water partition coefficient (Wildman–Crippen LogP) is 2.81. The summed E-state index contributed by atoms with van der Waals surface area (Å²) in [6, 6.07) is 6.28. The molecule has 15 heavy (non-hydrogen) atoms. The highest BCUT2D eigenvalue weighted by Crippen LogP contribution is 2.29. The Balaban J connectivity index is 2.06. The molecule has 82 valence electrons. The molecule has 1 aromatic carbocycles. The zero-order valence-electron chi connectivity index (χ0n) is 9.66. The highest BCUT2D eigenvalue weighted by atomic mass is 15.1. The number of nitrogens with two attached hydrogens (primary N) is 1. The summed E-state index contributed by atoms with van der Waals surface area (Å²) >= 11 is 0. The molecule has 0 heterocycles. The van der Waals surface area contributed by atoms with E-state index in [1.165, 1.54) is 37.1 Å². The summed E-state index contributed by atoms with van der Waals surface area (Å²) in [6.45, 7) is 3.26. The number of rotatable bonds is 3. The van der Waals surface area contributed by atoms with Gasteiger partial charge in [-0.2, -0.15) is 0 Å². The Hall–Kier alpha value is -1.18. The molecule has 1 aliphatic carbocycles. The molecular formula is C13H20N2. The lowest BCUT2D eigenvalue weighted by atomic mass is 9.85. The van der Waals surface area contributed by atoms with Gasteiger partial charge in [0.25, 0.3) is 0 Å². The third-order valence-corrected chi connectivity index (χ3v) is 3.28. The molecular weight excluding hydrogens is 184 g/mol. The van der Waals surface area contributed by atoms with Gasteiger partial charge in [-0.1, -0.05) is 6.42 Å². The van der Waals surface area contributed by atoms with Crippen molar-refractivity contribution in [1.29, 1.82) is 0 Å². The minimum Gasteiger partial charge on any atom is -0.399 e. The van der Waals surface area contributed by atoms with Gasteiger partial charge in [0.15, 0.2) is 0 Å². The van der Waals surface area contributed by atoms with E-state index in [2.05, 4.69) is 31.0 Å². The van der Waals surface area contributed by atoms with Crippen LogP contribution in [0, 0.1) is 12.8 Å². The van der Waals surface area contributed by atoms with Crippen molar-refractivity contribution in [3.8, 4) is 0 Å². The second kappa shape index (κ2) is 4.13. The van der Waals surface area contributed by atoms with E-state index in [1.807, 2.05) is 6.07 Å². The van der Waals surface area contributed by atoms with Gasteiger partial charge in [0.2, 0.25) is 0 Å². The van der Waals surface area contributed by atoms with Gasteiger partial charge in [-0.3, -0.25) is 0 Å². The van der Waals surface area contributed by atoms with E-state index in [-0.39, 0.29) is 0 Å². The fourth-order valence-corrected chi connectivity index (χ4v) is 2.18. The van der Waals surface area contributed by atoms with Crippen molar-refractivity contribution in [2.45, 2.75) is 26.2 Å². The van der Waals surface area contributed by atoms with E-state index in [9.17, 15) is 0 Å². The lowest BCUT2D eigenvalue weighted by Gasteiger charge is -2.31. The summed E-state index contributed by atoms with van der Waals surface area (Å²) in [5.41, 5.74) is 9.20. The first-order valence-electron chi connectivity index (χ1n) is 5.73. The van der Waals surface area contributed by atoms with Crippen LogP contribution in [0.15, 0.2) is 18.2 Å². The van der Waals surface area contributed by atoms with Gasteiger partial charge >= 0.3 is 0 Å². The second-order valence-electron chi connectivity index (χ2n) is 4.78. The summed E-state index contributed by atoms with van der Waals surface area (Å²) in [7, 11) is 2.16. The van der Waals surface area contributed by atoms with Crippen molar-refractivity contribution in [2.75, 3.05) is 24.2 Å². The Kier molecular flexibility index (Phi) is 2.85. The summed E-state index contributed by atoms with van der Waals surface area (Å²) in [5, 5.41) is 0. The van der Waals surface area contributed by atoms with Crippen LogP contribution < -0.4 is 10.6 Å². The maximum atomic E-state index is 5.85. The molecule has 2 nitrogen and oxygen atoms in total. The molecule has 0 aliphatic heterocycles. The molecule has 1 aromatic rings. The van der Waals surface area contributed by atoms with Gasteiger partial charge in [0.1, 0.15) is 0 Å². The fraction of sp³-hybridized carbons (Fsp3) is 0.538. The van der Waals surface area contributed by atoms with Gasteiger partial charge in [0.05, 0.1) is 0 Å². The zero-order chi connectivity index (χ0) is 10.8. The fourth-order valence-electron chi connectivity index (χ4n) is 2.18. The Bertz CT molecular complexity index is 322. The largest absolute Gasteiger partial charge is 0.399 e. The SMILES string of the molecule is Cc1cc(N)cc(N(C)CC2CCC2)c1. The van der Waals surface area contributed by atoms with Crippen LogP contribution in [0.1, 0.15) is 24.8 Å². The van der Waals surface area contributed by atoms with Crippen molar-refractivity contribution in [3.63, 3.8) is 0 Å². The Morgan fingerprint density at radius 1 is 1.33 bits per heavy atom. The smallest absolute Gasteiger partial charge is 0.0387 e. The average Bonchev–Trinajstić information content (AvgIpc) is 2.09. The molecule has 2 rings (SSSR count). The predicted molar refractivity (Wildman–Crippen MR) is 66.2 cm³/mol. The quantitative estimate of drug-likeness (QED) is 0.767. The van der Waals surface area contributed by atoms with E-state index >= 15 is 0 Å². The molecule has 2 heteroatoms. The van der Waals surface area contributed by atoms with Gasteiger partial charge < -0.3 is 10.6 Å². The van der Waals surface area contributed by atoms with Gasteiger partial charge in [-0.25, -0.2) is 0 Å². The normalized spacial score (nSPS) is 16.1. The third-order valence-electron chi connectivity index (χ3n) is 3.28. The van der Waals surface area contributed by atoms with Crippen molar-refractivity contribution in [1.82, 2.24) is 0 Å². The topological polar surface area (TPSA) is 29.3 Å². The molecule has 0 atom stereocenters. The Labute approximate surface area is 92.1 Å². The maximum absolute atomic E-state index is 5.85. The van der Waals surface area contributed by atoms with E-state index in [4.69, 9.17) is 5.73 Å². The Morgan fingerprint density at radius 2 is 2.07 bits per heavy atom. The minimum absolute atomic E-state index is 0.866. The van der Waals surface area contributed by atoms with Gasteiger partial charge in [-0.15, -0.1) is 0 Å². The average molecular weight is 204 g/mol. The Morgan fingerprint density at radius 3 is 2.60 bits per heavy atom. The number of hydrogen-bond acceptors (Lipinski definition) is 2. The molecule has 2 N–H and O–H groups in total. The van der Waals surface area contributed by atoms with Crippen LogP contribution in [0.4, 0.5) is 11.4 Å². The molecule has 0 spiro atoms. The number of anilines is 2. The number of hydrogen-bond donors (Lipinski definition) is 1. The van der Waals surface area contributed by atoms with Crippen molar-refractivity contribution in [2.24, 2.45) is 5.92 Å². The number of benzene rings is 1. The van der Waals surface area contributed by atoms with Crippen LogP contribution in [-0.2, 0) is 0 Å². The number of aryl methyl sites for hydroxylation is 1. The van der Waals surface area contributed by atoms with E-state index in [0.29, 0.717) is 0 Å². The molecule has 0 saturated heterocycles. The van der Waals surface area contributed by atoms with E-state index < -0.39 is 0 Å².